The topological polar surface area (TPSA) is 63.2 Å². The second-order valence-corrected chi connectivity index (χ2v) is 5.38. The van der Waals surface area contributed by atoms with Gasteiger partial charge in [-0.05, 0) is 18.2 Å². The monoisotopic (exact) mass is 285 g/mol. The summed E-state index contributed by atoms with van der Waals surface area (Å²) >= 11 is 0. The van der Waals surface area contributed by atoms with Crippen LogP contribution >= 0.6 is 0 Å². The molecule has 0 unspecified atom stereocenters. The van der Waals surface area contributed by atoms with Crippen molar-refractivity contribution < 1.29 is 30.8 Å². The molecule has 1 rings (SSSR count). The van der Waals surface area contributed by atoms with Crippen molar-refractivity contribution in [1.29, 1.82) is 0 Å². The Morgan fingerprint density at radius 1 is 1.28 bits per heavy atom. The van der Waals surface area contributed by atoms with E-state index in [1.807, 2.05) is 0 Å². The average Bonchev–Trinajstić information content (AvgIpc) is 2.18. The molecule has 9 heteroatoms. The first-order chi connectivity index (χ1) is 8.01. The van der Waals surface area contributed by atoms with Crippen LogP contribution in [-0.2, 0) is 14.6 Å². The molecule has 4 nitrogen and oxygen atoms in total. The van der Waals surface area contributed by atoms with Crippen LogP contribution in [0.5, 0.6) is 0 Å². The van der Waals surface area contributed by atoms with Gasteiger partial charge in [-0.3, -0.25) is 4.79 Å². The maximum atomic E-state index is 13.1. The SMILES string of the molecule is CS(=O)(=O)c1ccc(F)c(NC(=O)C(F)(F)F)c1. The van der Waals surface area contributed by atoms with Gasteiger partial charge >= 0.3 is 12.1 Å². The van der Waals surface area contributed by atoms with Crippen molar-refractivity contribution in [2.45, 2.75) is 11.1 Å². The Hall–Kier alpha value is -1.64. The fraction of sp³-hybridized carbons (Fsp3) is 0.222. The van der Waals surface area contributed by atoms with Crippen molar-refractivity contribution >= 4 is 21.4 Å². The van der Waals surface area contributed by atoms with Gasteiger partial charge in [-0.1, -0.05) is 0 Å². The van der Waals surface area contributed by atoms with E-state index in [9.17, 15) is 30.8 Å². The molecule has 0 atom stereocenters. The fourth-order valence-electron chi connectivity index (χ4n) is 1.02. The summed E-state index contributed by atoms with van der Waals surface area (Å²) in [6.07, 6.45) is -4.39. The molecule has 0 saturated heterocycles. The van der Waals surface area contributed by atoms with Crippen LogP contribution in [0.25, 0.3) is 0 Å². The molecule has 0 bridgehead atoms. The van der Waals surface area contributed by atoms with Crippen LogP contribution < -0.4 is 5.32 Å². The van der Waals surface area contributed by atoms with E-state index in [1.165, 1.54) is 5.32 Å². The van der Waals surface area contributed by atoms with E-state index in [-0.39, 0.29) is 0 Å². The number of carbonyl (C=O) groups excluding carboxylic acids is 1. The Bertz CT molecular complexity index is 580. The van der Waals surface area contributed by atoms with Crippen LogP contribution in [0.1, 0.15) is 0 Å². The Balaban J connectivity index is 3.14. The molecule has 1 N–H and O–H groups in total. The molecule has 0 saturated carbocycles. The number of sulfone groups is 1. The summed E-state index contributed by atoms with van der Waals surface area (Å²) in [4.78, 5) is 10.2. The fourth-order valence-corrected chi connectivity index (χ4v) is 1.67. The van der Waals surface area contributed by atoms with Gasteiger partial charge in [0.25, 0.3) is 0 Å². The Morgan fingerprint density at radius 3 is 2.28 bits per heavy atom. The lowest BCUT2D eigenvalue weighted by atomic mass is 10.3. The minimum atomic E-state index is -5.19. The second kappa shape index (κ2) is 4.56. The molecule has 0 fully saturated rings. The highest BCUT2D eigenvalue weighted by molar-refractivity contribution is 7.90. The van der Waals surface area contributed by atoms with E-state index in [0.29, 0.717) is 12.1 Å². The first kappa shape index (κ1) is 14.4. The van der Waals surface area contributed by atoms with Crippen LogP contribution in [0.15, 0.2) is 23.1 Å². The van der Waals surface area contributed by atoms with Crippen molar-refractivity contribution in [2.24, 2.45) is 0 Å². The van der Waals surface area contributed by atoms with E-state index in [4.69, 9.17) is 0 Å². The molecular formula is C9H7F4NO3S. The molecule has 0 aliphatic heterocycles. The highest BCUT2D eigenvalue weighted by Gasteiger charge is 2.39. The van der Waals surface area contributed by atoms with Crippen molar-refractivity contribution in [3.63, 3.8) is 0 Å². The van der Waals surface area contributed by atoms with E-state index in [1.54, 1.807) is 0 Å². The largest absolute Gasteiger partial charge is 0.471 e. The first-order valence-corrected chi connectivity index (χ1v) is 6.29. The first-order valence-electron chi connectivity index (χ1n) is 4.39. The number of nitrogens with one attached hydrogen (secondary N) is 1. The predicted octanol–water partition coefficient (Wildman–Crippen LogP) is 1.73. The van der Waals surface area contributed by atoms with Crippen molar-refractivity contribution in [1.82, 2.24) is 0 Å². The third-order valence-electron chi connectivity index (χ3n) is 1.87. The quantitative estimate of drug-likeness (QED) is 0.665. The van der Waals surface area contributed by atoms with Gasteiger partial charge in [-0.25, -0.2) is 12.8 Å². The number of anilines is 1. The molecule has 0 aliphatic carbocycles. The van der Waals surface area contributed by atoms with Gasteiger partial charge in [-0.2, -0.15) is 13.2 Å². The number of carbonyl (C=O) groups is 1. The average molecular weight is 285 g/mol. The molecule has 0 spiro atoms. The van der Waals surface area contributed by atoms with Gasteiger partial charge in [0, 0.05) is 6.26 Å². The van der Waals surface area contributed by atoms with Gasteiger partial charge in [0.1, 0.15) is 5.82 Å². The standard InChI is InChI=1S/C9H7F4NO3S/c1-18(16,17)5-2-3-6(10)7(4-5)14-8(15)9(11,12)13/h2-4H,1H3,(H,14,15). The minimum Gasteiger partial charge on any atom is -0.316 e. The zero-order valence-corrected chi connectivity index (χ0v) is 9.69. The second-order valence-electron chi connectivity index (χ2n) is 3.37. The number of amides is 1. The van der Waals surface area contributed by atoms with Gasteiger partial charge in [0.15, 0.2) is 9.84 Å². The maximum Gasteiger partial charge on any atom is 0.471 e. The third-order valence-corrected chi connectivity index (χ3v) is 2.98. The number of rotatable bonds is 2. The summed E-state index contributed by atoms with van der Waals surface area (Å²) in [7, 11) is -3.71. The highest BCUT2D eigenvalue weighted by atomic mass is 32.2. The Morgan fingerprint density at radius 2 is 1.83 bits per heavy atom. The molecule has 100 valence electrons. The lowest BCUT2D eigenvalue weighted by Crippen LogP contribution is -2.30. The van der Waals surface area contributed by atoms with Crippen LogP contribution in [0.3, 0.4) is 0 Å². The number of halogens is 4. The molecule has 1 aromatic carbocycles. The zero-order valence-electron chi connectivity index (χ0n) is 8.88. The van der Waals surface area contributed by atoms with Crippen molar-refractivity contribution in [3.8, 4) is 0 Å². The summed E-state index contributed by atoms with van der Waals surface area (Å²) < 4.78 is 71.2. The molecule has 0 heterocycles. The maximum absolute atomic E-state index is 13.1. The van der Waals surface area contributed by atoms with Crippen LogP contribution in [0, 0.1) is 5.82 Å². The van der Waals surface area contributed by atoms with E-state index in [0.717, 1.165) is 12.3 Å². The summed E-state index contributed by atoms with van der Waals surface area (Å²) in [5.41, 5.74) is -0.847. The third kappa shape index (κ3) is 3.42. The molecule has 0 aliphatic rings. The highest BCUT2D eigenvalue weighted by Crippen LogP contribution is 2.23. The van der Waals surface area contributed by atoms with E-state index >= 15 is 0 Å². The zero-order chi connectivity index (χ0) is 14.1. The summed E-state index contributed by atoms with van der Waals surface area (Å²) in [5, 5.41) is 1.26. The molecule has 0 radical (unpaired) electrons. The smallest absolute Gasteiger partial charge is 0.316 e. The van der Waals surface area contributed by atoms with Gasteiger partial charge in [0.05, 0.1) is 10.6 Å². The molecular weight excluding hydrogens is 278 g/mol. The summed E-state index contributed by atoms with van der Waals surface area (Å²) in [6, 6.07) is 2.16. The molecule has 0 aromatic heterocycles. The van der Waals surface area contributed by atoms with Crippen molar-refractivity contribution in [3.05, 3.63) is 24.0 Å². The van der Waals surface area contributed by atoms with Crippen LogP contribution in [0.2, 0.25) is 0 Å². The predicted molar refractivity (Wildman–Crippen MR) is 54.2 cm³/mol. The number of hydrogen-bond donors (Lipinski definition) is 1. The minimum absolute atomic E-state index is 0.402. The molecule has 1 amide bonds. The van der Waals surface area contributed by atoms with Gasteiger partial charge in [-0.15, -0.1) is 0 Å². The van der Waals surface area contributed by atoms with Crippen molar-refractivity contribution in [2.75, 3.05) is 11.6 Å². The number of benzene rings is 1. The van der Waals surface area contributed by atoms with E-state index in [2.05, 4.69) is 0 Å². The van der Waals surface area contributed by atoms with Gasteiger partial charge in [0.2, 0.25) is 0 Å². The number of hydrogen-bond acceptors (Lipinski definition) is 3. The van der Waals surface area contributed by atoms with Gasteiger partial charge < -0.3 is 5.32 Å². The molecule has 1 aromatic rings. The summed E-state index contributed by atoms with van der Waals surface area (Å²) in [6.45, 7) is 0. The normalized spacial score (nSPS) is 12.3. The Kier molecular flexibility index (Phi) is 3.65. The lowest BCUT2D eigenvalue weighted by molar-refractivity contribution is -0.167. The number of alkyl halides is 3. The summed E-state index contributed by atoms with van der Waals surface area (Å²) in [5.74, 6) is -3.55. The van der Waals surface area contributed by atoms with E-state index < -0.39 is 38.3 Å². The van der Waals surface area contributed by atoms with Crippen LogP contribution in [-0.4, -0.2) is 26.8 Å². The van der Waals surface area contributed by atoms with Crippen LogP contribution in [0.4, 0.5) is 23.2 Å². The Labute approximate surface area is 99.5 Å². The molecule has 18 heavy (non-hydrogen) atoms. The lowest BCUT2D eigenvalue weighted by Gasteiger charge is -2.09.